The molecule has 4 fully saturated rings. The fourth-order valence-corrected chi connectivity index (χ4v) is 9.38. The van der Waals surface area contributed by atoms with E-state index in [2.05, 4.69) is 20.8 Å². The molecule has 7 heteroatoms. The first-order chi connectivity index (χ1) is 16.5. The van der Waals surface area contributed by atoms with Crippen molar-refractivity contribution in [2.75, 3.05) is 0 Å². The Balaban J connectivity index is 1.40. The van der Waals surface area contributed by atoms with Crippen molar-refractivity contribution in [3.05, 3.63) is 0 Å². The Morgan fingerprint density at radius 1 is 0.943 bits per heavy atom. The summed E-state index contributed by atoms with van der Waals surface area (Å²) < 4.78 is 5.68. The molecule has 10 atom stereocenters. The molecule has 0 aromatic carbocycles. The second-order valence-electron chi connectivity index (χ2n) is 12.8. The molecule has 4 aliphatic carbocycles. The van der Waals surface area contributed by atoms with Crippen LogP contribution in [0.5, 0.6) is 0 Å². The summed E-state index contributed by atoms with van der Waals surface area (Å²) in [5.41, 5.74) is 6.32. The summed E-state index contributed by atoms with van der Waals surface area (Å²) >= 11 is 0. The lowest BCUT2D eigenvalue weighted by Gasteiger charge is -2.61. The summed E-state index contributed by atoms with van der Waals surface area (Å²) in [6, 6.07) is -1.10. The molecule has 7 nitrogen and oxygen atoms in total. The predicted octanol–water partition coefficient (Wildman–Crippen LogP) is 4.86. The smallest absolute Gasteiger partial charge is 0.323 e. The number of hydrogen-bond donors (Lipinski definition) is 3. The molecule has 0 radical (unpaired) electrons. The van der Waals surface area contributed by atoms with Gasteiger partial charge in [-0.1, -0.05) is 20.8 Å². The maximum atomic E-state index is 12.3. The van der Waals surface area contributed by atoms with E-state index in [4.69, 9.17) is 20.7 Å². The molecular weight excluding hydrogens is 446 g/mol. The van der Waals surface area contributed by atoms with Gasteiger partial charge in [0.1, 0.15) is 12.1 Å². The average molecular weight is 492 g/mol. The standard InChI is InChI=1S/C28H45NO6/c1-16(4-9-24(30)31)20-7-8-21-19-6-5-17-14-18(35-26(34)23(29)15-25(32)33)10-12-27(17,2)22(19)11-13-28(20,21)3/h16-23H,4-15,29H2,1-3H3,(H,30,31)(H,32,33)/t16-,17-,18-,19+,20-,21+,22+,23-,27+,28-/m1/s1. The maximum Gasteiger partial charge on any atom is 0.323 e. The van der Waals surface area contributed by atoms with Crippen LogP contribution in [0.25, 0.3) is 0 Å². The second-order valence-corrected chi connectivity index (χ2v) is 12.8. The van der Waals surface area contributed by atoms with Crippen LogP contribution in [0.2, 0.25) is 0 Å². The quantitative estimate of drug-likeness (QED) is 0.414. The second kappa shape index (κ2) is 10.0. The third kappa shape index (κ3) is 4.99. The highest BCUT2D eigenvalue weighted by molar-refractivity contribution is 5.81. The van der Waals surface area contributed by atoms with Crippen molar-refractivity contribution in [2.24, 2.45) is 52.1 Å². The minimum absolute atomic E-state index is 0.156. The third-order valence-corrected chi connectivity index (χ3v) is 11.2. The Morgan fingerprint density at radius 2 is 1.63 bits per heavy atom. The molecule has 0 spiro atoms. The van der Waals surface area contributed by atoms with Crippen molar-refractivity contribution < 1.29 is 29.3 Å². The first-order valence-corrected chi connectivity index (χ1v) is 13.9. The van der Waals surface area contributed by atoms with Crippen molar-refractivity contribution in [3.8, 4) is 0 Å². The first kappa shape index (κ1) is 26.4. The Kier molecular flexibility index (Phi) is 7.57. The van der Waals surface area contributed by atoms with Crippen LogP contribution in [-0.2, 0) is 19.1 Å². The van der Waals surface area contributed by atoms with E-state index >= 15 is 0 Å². The molecule has 0 unspecified atom stereocenters. The van der Waals surface area contributed by atoms with Gasteiger partial charge in [0.25, 0.3) is 0 Å². The van der Waals surface area contributed by atoms with Crippen LogP contribution in [0.1, 0.15) is 97.8 Å². The van der Waals surface area contributed by atoms with Crippen molar-refractivity contribution in [2.45, 2.75) is 110 Å². The van der Waals surface area contributed by atoms with E-state index in [0.29, 0.717) is 29.1 Å². The molecule has 0 bridgehead atoms. The van der Waals surface area contributed by atoms with Crippen LogP contribution < -0.4 is 5.73 Å². The molecule has 4 N–H and O–H groups in total. The van der Waals surface area contributed by atoms with E-state index in [1.807, 2.05) is 0 Å². The zero-order chi connectivity index (χ0) is 25.5. The zero-order valence-corrected chi connectivity index (χ0v) is 21.7. The number of carboxylic acids is 2. The van der Waals surface area contributed by atoms with Crippen LogP contribution >= 0.6 is 0 Å². The number of rotatable bonds is 8. The summed E-state index contributed by atoms with van der Waals surface area (Å²) in [7, 11) is 0. The van der Waals surface area contributed by atoms with E-state index < -0.39 is 30.4 Å². The van der Waals surface area contributed by atoms with E-state index in [9.17, 15) is 14.4 Å². The summed E-state index contributed by atoms with van der Waals surface area (Å²) in [6.45, 7) is 7.26. The molecule has 4 rings (SSSR count). The highest BCUT2D eigenvalue weighted by Gasteiger charge is 2.60. The summed E-state index contributed by atoms with van der Waals surface area (Å²) in [6.07, 6.45) is 10.7. The van der Waals surface area contributed by atoms with E-state index in [1.54, 1.807) is 0 Å². The van der Waals surface area contributed by atoms with Crippen molar-refractivity contribution in [1.29, 1.82) is 0 Å². The molecule has 4 aliphatic rings. The minimum atomic E-state index is -1.10. The Hall–Kier alpha value is -1.63. The molecule has 0 aromatic heterocycles. The molecular formula is C28H45NO6. The third-order valence-electron chi connectivity index (χ3n) is 11.2. The lowest BCUT2D eigenvalue weighted by molar-refractivity contribution is -0.165. The number of aliphatic carboxylic acids is 2. The molecule has 0 aliphatic heterocycles. The van der Waals surface area contributed by atoms with Crippen LogP contribution in [0.4, 0.5) is 0 Å². The van der Waals surface area contributed by atoms with E-state index in [0.717, 1.165) is 37.5 Å². The van der Waals surface area contributed by atoms with Crippen LogP contribution in [0, 0.1) is 46.3 Å². The Bertz CT molecular complexity index is 830. The summed E-state index contributed by atoms with van der Waals surface area (Å²) in [5, 5.41) is 18.1. The highest BCUT2D eigenvalue weighted by atomic mass is 16.5. The van der Waals surface area contributed by atoms with Gasteiger partial charge in [-0.2, -0.15) is 0 Å². The van der Waals surface area contributed by atoms with Gasteiger partial charge in [-0.25, -0.2) is 0 Å². The van der Waals surface area contributed by atoms with E-state index in [1.165, 1.54) is 38.5 Å². The number of ether oxygens (including phenoxy) is 1. The molecule has 0 heterocycles. The number of carbonyl (C=O) groups excluding carboxylic acids is 1. The molecule has 35 heavy (non-hydrogen) atoms. The van der Waals surface area contributed by atoms with Gasteiger partial charge in [-0.05, 0) is 111 Å². The topological polar surface area (TPSA) is 127 Å². The maximum absolute atomic E-state index is 12.3. The van der Waals surface area contributed by atoms with Crippen LogP contribution in [-0.4, -0.2) is 40.3 Å². The van der Waals surface area contributed by atoms with Gasteiger partial charge in [0.2, 0.25) is 0 Å². The normalized spacial score (nSPS) is 42.2. The van der Waals surface area contributed by atoms with Crippen molar-refractivity contribution in [1.82, 2.24) is 0 Å². The molecule has 4 saturated carbocycles. The first-order valence-electron chi connectivity index (χ1n) is 13.9. The van der Waals surface area contributed by atoms with Crippen LogP contribution in [0.15, 0.2) is 0 Å². The number of carbonyl (C=O) groups is 3. The zero-order valence-electron chi connectivity index (χ0n) is 21.7. The Morgan fingerprint density at radius 3 is 2.31 bits per heavy atom. The largest absolute Gasteiger partial charge is 0.481 e. The van der Waals surface area contributed by atoms with Gasteiger partial charge < -0.3 is 20.7 Å². The monoisotopic (exact) mass is 491 g/mol. The average Bonchev–Trinajstić information content (AvgIpc) is 3.14. The molecule has 0 aromatic rings. The number of esters is 1. The number of fused-ring (bicyclic) bond motifs is 5. The highest BCUT2D eigenvalue weighted by Crippen LogP contribution is 2.68. The summed E-state index contributed by atoms with van der Waals surface area (Å²) in [5.74, 6) is 1.45. The number of nitrogens with two attached hydrogens (primary N) is 1. The SMILES string of the molecule is C[C@H](CCC(=O)O)[C@H]1CC[C@H]2[C@@H]3CC[C@@H]4C[C@H](OC(=O)[C@H](N)CC(=O)O)CC[C@]4(C)[C@H]3CC[C@]12C. The number of hydrogen-bond acceptors (Lipinski definition) is 5. The predicted molar refractivity (Wildman–Crippen MR) is 131 cm³/mol. The number of carboxylic acid groups (broad SMARTS) is 2. The molecule has 0 saturated heterocycles. The van der Waals surface area contributed by atoms with Gasteiger partial charge in [0.15, 0.2) is 0 Å². The molecule has 198 valence electrons. The van der Waals surface area contributed by atoms with Crippen molar-refractivity contribution in [3.63, 3.8) is 0 Å². The fourth-order valence-electron chi connectivity index (χ4n) is 9.38. The minimum Gasteiger partial charge on any atom is -0.481 e. The summed E-state index contributed by atoms with van der Waals surface area (Å²) in [4.78, 5) is 34.3. The lowest BCUT2D eigenvalue weighted by Crippen LogP contribution is -2.54. The van der Waals surface area contributed by atoms with Gasteiger partial charge in [-0.15, -0.1) is 0 Å². The Labute approximate surface area is 209 Å². The van der Waals surface area contributed by atoms with Crippen molar-refractivity contribution >= 4 is 17.9 Å². The fraction of sp³-hybridized carbons (Fsp3) is 0.893. The van der Waals surface area contributed by atoms with Gasteiger partial charge >= 0.3 is 17.9 Å². The van der Waals surface area contributed by atoms with E-state index in [-0.39, 0.29) is 17.9 Å². The van der Waals surface area contributed by atoms with Crippen LogP contribution in [0.3, 0.4) is 0 Å². The van der Waals surface area contributed by atoms with Gasteiger partial charge in [-0.3, -0.25) is 14.4 Å². The van der Waals surface area contributed by atoms with Gasteiger partial charge in [0.05, 0.1) is 6.42 Å². The lowest BCUT2D eigenvalue weighted by atomic mass is 9.44. The van der Waals surface area contributed by atoms with Gasteiger partial charge in [0, 0.05) is 6.42 Å². The molecule has 0 amide bonds.